The van der Waals surface area contributed by atoms with Crippen LogP contribution in [0.1, 0.15) is 16.7 Å². The first kappa shape index (κ1) is 20.0. The molecule has 0 bridgehead atoms. The van der Waals surface area contributed by atoms with Crippen molar-refractivity contribution in [2.45, 2.75) is 24.8 Å². The molecule has 4 nitrogen and oxygen atoms in total. The molecule has 0 radical (unpaired) electrons. The van der Waals surface area contributed by atoms with Crippen molar-refractivity contribution in [3.63, 3.8) is 0 Å². The number of alkyl halides is 6. The van der Waals surface area contributed by atoms with Crippen LogP contribution in [0.3, 0.4) is 0 Å². The Morgan fingerprint density at radius 1 is 1.00 bits per heavy atom. The highest BCUT2D eigenvalue weighted by Crippen LogP contribution is 2.32. The number of nitrogens with zero attached hydrogens (tertiary/aromatic N) is 2. The van der Waals surface area contributed by atoms with E-state index in [2.05, 4.69) is 10.3 Å². The molecular weight excluding hydrogens is 388 g/mol. The molecule has 2 heterocycles. The Bertz CT molecular complexity index is 842. The van der Waals surface area contributed by atoms with Crippen LogP contribution in [0, 0.1) is 0 Å². The summed E-state index contributed by atoms with van der Waals surface area (Å²) in [7, 11) is 0. The topological polar surface area (TPSA) is 45.2 Å². The maximum Gasteiger partial charge on any atom is 0.417 e. The van der Waals surface area contributed by atoms with E-state index < -0.39 is 23.5 Å². The van der Waals surface area contributed by atoms with Crippen molar-refractivity contribution in [1.82, 2.24) is 10.3 Å². The van der Waals surface area contributed by atoms with Gasteiger partial charge in [0.1, 0.15) is 0 Å². The number of pyridine rings is 1. The van der Waals surface area contributed by atoms with Crippen molar-refractivity contribution in [1.29, 1.82) is 0 Å². The summed E-state index contributed by atoms with van der Waals surface area (Å²) < 4.78 is 75.7. The third kappa shape index (κ3) is 4.73. The first-order valence-corrected chi connectivity index (χ1v) is 8.25. The molecule has 1 aliphatic heterocycles. The van der Waals surface area contributed by atoms with Gasteiger partial charge in [-0.15, -0.1) is 0 Å². The number of benzene rings is 1. The van der Waals surface area contributed by atoms with Crippen molar-refractivity contribution in [3.05, 3.63) is 59.4 Å². The maximum atomic E-state index is 12.7. The van der Waals surface area contributed by atoms with Gasteiger partial charge in [0.25, 0.3) is 0 Å². The first-order chi connectivity index (χ1) is 13.0. The van der Waals surface area contributed by atoms with Gasteiger partial charge in [-0.2, -0.15) is 26.3 Å². The Morgan fingerprint density at radius 3 is 2.18 bits per heavy atom. The second-order valence-electron chi connectivity index (χ2n) is 6.47. The number of hydrogen-bond donors (Lipinski definition) is 1. The van der Waals surface area contributed by atoms with Crippen LogP contribution in [-0.2, 0) is 23.6 Å². The maximum absolute atomic E-state index is 12.7. The Labute approximate surface area is 156 Å². The third-order valence-electron chi connectivity index (χ3n) is 4.31. The predicted octanol–water partition coefficient (Wildman–Crippen LogP) is 3.67. The summed E-state index contributed by atoms with van der Waals surface area (Å²) in [4.78, 5) is 17.2. The van der Waals surface area contributed by atoms with Gasteiger partial charge in [-0.05, 0) is 23.8 Å². The van der Waals surface area contributed by atoms with Crippen LogP contribution < -0.4 is 10.2 Å². The molecule has 2 aromatic rings. The summed E-state index contributed by atoms with van der Waals surface area (Å²) in [6, 6.07) is 5.04. The van der Waals surface area contributed by atoms with E-state index in [0.717, 1.165) is 24.4 Å². The van der Waals surface area contributed by atoms with Crippen molar-refractivity contribution in [2.24, 2.45) is 0 Å². The second-order valence-corrected chi connectivity index (χ2v) is 6.47. The monoisotopic (exact) mass is 403 g/mol. The van der Waals surface area contributed by atoms with E-state index in [-0.39, 0.29) is 18.4 Å². The smallest absolute Gasteiger partial charge is 0.366 e. The van der Waals surface area contributed by atoms with Gasteiger partial charge in [0, 0.05) is 19.3 Å². The number of hydrogen-bond acceptors (Lipinski definition) is 3. The second kappa shape index (κ2) is 7.33. The van der Waals surface area contributed by atoms with Gasteiger partial charge in [0.2, 0.25) is 5.91 Å². The van der Waals surface area contributed by atoms with E-state index in [1.165, 1.54) is 18.3 Å². The zero-order valence-electron chi connectivity index (χ0n) is 14.3. The molecule has 1 amide bonds. The zero-order valence-corrected chi connectivity index (χ0v) is 14.3. The van der Waals surface area contributed by atoms with Gasteiger partial charge >= 0.3 is 12.4 Å². The van der Waals surface area contributed by atoms with Gasteiger partial charge in [0.15, 0.2) is 0 Å². The highest BCUT2D eigenvalue weighted by Gasteiger charge is 2.34. The first-order valence-electron chi connectivity index (χ1n) is 8.25. The van der Waals surface area contributed by atoms with Gasteiger partial charge in [-0.1, -0.05) is 12.1 Å². The van der Waals surface area contributed by atoms with E-state index in [4.69, 9.17) is 0 Å². The molecule has 1 aliphatic rings. The molecule has 0 spiro atoms. The number of rotatable bonds is 4. The number of halogens is 6. The van der Waals surface area contributed by atoms with E-state index >= 15 is 0 Å². The molecule has 0 unspecified atom stereocenters. The SMILES string of the molecule is O=C(Cc1ccc(C(F)(F)F)cc1)NC1CN(c2cncc(C(F)(F)F)c2)C1. The molecule has 0 atom stereocenters. The highest BCUT2D eigenvalue weighted by molar-refractivity contribution is 5.79. The lowest BCUT2D eigenvalue weighted by atomic mass is 10.1. The average molecular weight is 403 g/mol. The van der Waals surface area contributed by atoms with Crippen LogP contribution in [0.15, 0.2) is 42.7 Å². The number of carbonyl (C=O) groups excluding carboxylic acids is 1. The number of nitrogens with one attached hydrogen (secondary N) is 1. The fourth-order valence-electron chi connectivity index (χ4n) is 2.81. The largest absolute Gasteiger partial charge is 0.417 e. The fourth-order valence-corrected chi connectivity index (χ4v) is 2.81. The molecule has 150 valence electrons. The molecule has 1 fully saturated rings. The Hall–Kier alpha value is -2.78. The van der Waals surface area contributed by atoms with Gasteiger partial charge in [-0.3, -0.25) is 9.78 Å². The standard InChI is InChI=1S/C18H15F6N3O/c19-17(20,21)12-3-1-11(2-4-12)5-16(28)26-14-9-27(10-14)15-6-13(7-25-8-15)18(22,23)24/h1-4,6-8,14H,5,9-10H2,(H,26,28). The molecule has 1 aromatic carbocycles. The average Bonchev–Trinajstić information content (AvgIpc) is 2.57. The summed E-state index contributed by atoms with van der Waals surface area (Å²) in [6.07, 6.45) is -6.94. The summed E-state index contributed by atoms with van der Waals surface area (Å²) in [5.41, 5.74) is -0.896. The van der Waals surface area contributed by atoms with Crippen LogP contribution >= 0.6 is 0 Å². The van der Waals surface area contributed by atoms with Crippen LogP contribution in [0.4, 0.5) is 32.0 Å². The van der Waals surface area contributed by atoms with Crippen LogP contribution in [-0.4, -0.2) is 30.0 Å². The van der Waals surface area contributed by atoms with Gasteiger partial charge in [-0.25, -0.2) is 0 Å². The quantitative estimate of drug-likeness (QED) is 0.793. The molecule has 1 saturated heterocycles. The molecule has 1 aromatic heterocycles. The minimum atomic E-state index is -4.48. The van der Waals surface area contributed by atoms with Gasteiger partial charge in [0.05, 0.1) is 35.5 Å². The predicted molar refractivity (Wildman–Crippen MR) is 88.5 cm³/mol. The van der Waals surface area contributed by atoms with E-state index in [9.17, 15) is 31.1 Å². The minimum absolute atomic E-state index is 0.0836. The van der Waals surface area contributed by atoms with Crippen molar-refractivity contribution in [3.8, 4) is 0 Å². The Kier molecular flexibility index (Phi) is 5.22. The summed E-state index contributed by atoms with van der Waals surface area (Å²) in [6.45, 7) is 0.642. The molecule has 0 aliphatic carbocycles. The lowest BCUT2D eigenvalue weighted by molar-refractivity contribution is -0.138. The summed E-state index contributed by atoms with van der Waals surface area (Å²) >= 11 is 0. The molecule has 3 rings (SSSR count). The van der Waals surface area contributed by atoms with Gasteiger partial charge < -0.3 is 10.2 Å². The van der Waals surface area contributed by atoms with Crippen LogP contribution in [0.5, 0.6) is 0 Å². The lowest BCUT2D eigenvalue weighted by Crippen LogP contribution is -2.59. The van der Waals surface area contributed by atoms with E-state index in [1.54, 1.807) is 4.90 Å². The number of carbonyl (C=O) groups is 1. The molecular formula is C18H15F6N3O. The third-order valence-corrected chi connectivity index (χ3v) is 4.31. The minimum Gasteiger partial charge on any atom is -0.366 e. The molecule has 1 N–H and O–H groups in total. The lowest BCUT2D eigenvalue weighted by Gasteiger charge is -2.41. The zero-order chi connectivity index (χ0) is 20.5. The Morgan fingerprint density at radius 2 is 1.61 bits per heavy atom. The normalized spacial score (nSPS) is 15.3. The van der Waals surface area contributed by atoms with Crippen molar-refractivity contribution < 1.29 is 31.1 Å². The fraction of sp³-hybridized carbons (Fsp3) is 0.333. The number of amides is 1. The van der Waals surface area contributed by atoms with E-state index in [0.29, 0.717) is 24.3 Å². The van der Waals surface area contributed by atoms with Crippen molar-refractivity contribution in [2.75, 3.05) is 18.0 Å². The Balaban J connectivity index is 1.50. The van der Waals surface area contributed by atoms with Crippen LogP contribution in [0.2, 0.25) is 0 Å². The molecule has 28 heavy (non-hydrogen) atoms. The van der Waals surface area contributed by atoms with Crippen LogP contribution in [0.25, 0.3) is 0 Å². The molecule has 0 saturated carbocycles. The van der Waals surface area contributed by atoms with Crippen molar-refractivity contribution >= 4 is 11.6 Å². The summed E-state index contributed by atoms with van der Waals surface area (Å²) in [5, 5.41) is 2.71. The highest BCUT2D eigenvalue weighted by atomic mass is 19.4. The summed E-state index contributed by atoms with van der Waals surface area (Å²) in [5.74, 6) is -0.369. The number of aromatic nitrogens is 1. The van der Waals surface area contributed by atoms with E-state index in [1.807, 2.05) is 0 Å². The number of anilines is 1. The molecule has 10 heteroatoms.